The number of amides is 1. The van der Waals surface area contributed by atoms with Crippen molar-refractivity contribution in [2.75, 3.05) is 26.2 Å². The second-order valence-corrected chi connectivity index (χ2v) is 7.52. The van der Waals surface area contributed by atoms with Gasteiger partial charge in [0.2, 0.25) is 0 Å². The number of carbonyl (C=O) groups is 1. The number of benzene rings is 1. The van der Waals surface area contributed by atoms with Crippen LogP contribution >= 0.6 is 11.6 Å². The van der Waals surface area contributed by atoms with Crippen molar-refractivity contribution < 1.29 is 4.79 Å². The van der Waals surface area contributed by atoms with E-state index in [9.17, 15) is 4.79 Å². The van der Waals surface area contributed by atoms with E-state index in [2.05, 4.69) is 4.90 Å². The number of nitrogens with zero attached hydrogens (tertiary/aromatic N) is 2. The van der Waals surface area contributed by atoms with Gasteiger partial charge in [-0.15, -0.1) is 0 Å². The summed E-state index contributed by atoms with van der Waals surface area (Å²) < 4.78 is 0. The number of hydrogen-bond acceptors (Lipinski definition) is 2. The lowest BCUT2D eigenvalue weighted by Gasteiger charge is -2.41. The van der Waals surface area contributed by atoms with Crippen LogP contribution in [0.4, 0.5) is 0 Å². The Hall–Kier alpha value is -1.06. The summed E-state index contributed by atoms with van der Waals surface area (Å²) in [6.45, 7) is 3.75. The van der Waals surface area contributed by atoms with Crippen molar-refractivity contribution in [3.8, 4) is 0 Å². The molecule has 3 nitrogen and oxygen atoms in total. The van der Waals surface area contributed by atoms with Gasteiger partial charge in [0.25, 0.3) is 5.91 Å². The van der Waals surface area contributed by atoms with E-state index in [1.165, 1.54) is 25.7 Å². The zero-order valence-electron chi connectivity index (χ0n) is 12.9. The third-order valence-electron chi connectivity index (χ3n) is 5.84. The largest absolute Gasteiger partial charge is 0.336 e. The quantitative estimate of drug-likeness (QED) is 0.835. The summed E-state index contributed by atoms with van der Waals surface area (Å²) in [6.07, 6.45) is 5.73. The molecule has 1 saturated heterocycles. The maximum atomic E-state index is 12.6. The Bertz CT molecular complexity index is 568. The molecule has 0 radical (unpaired) electrons. The van der Waals surface area contributed by atoms with Crippen LogP contribution in [-0.4, -0.2) is 47.9 Å². The number of fused-ring (bicyclic) bond motifs is 2. The fraction of sp³-hybridized carbons (Fsp3) is 0.611. The molecule has 4 rings (SSSR count). The van der Waals surface area contributed by atoms with Crippen LogP contribution in [0.1, 0.15) is 36.0 Å². The lowest BCUT2D eigenvalue weighted by Crippen LogP contribution is -2.53. The Labute approximate surface area is 137 Å². The van der Waals surface area contributed by atoms with Crippen LogP contribution in [0.25, 0.3) is 0 Å². The first kappa shape index (κ1) is 14.5. The third kappa shape index (κ3) is 2.65. The van der Waals surface area contributed by atoms with Gasteiger partial charge in [-0.05, 0) is 49.3 Å². The molecule has 1 aromatic carbocycles. The van der Waals surface area contributed by atoms with Crippen molar-refractivity contribution in [1.82, 2.24) is 9.80 Å². The average molecular weight is 319 g/mol. The molecule has 118 valence electrons. The molecule has 3 atom stereocenters. The highest BCUT2D eigenvalue weighted by Gasteiger charge is 2.42. The van der Waals surface area contributed by atoms with E-state index in [0.717, 1.165) is 44.1 Å². The van der Waals surface area contributed by atoms with Gasteiger partial charge in [-0.1, -0.05) is 24.1 Å². The Kier molecular flexibility index (Phi) is 3.87. The van der Waals surface area contributed by atoms with Gasteiger partial charge in [-0.25, -0.2) is 0 Å². The lowest BCUT2D eigenvalue weighted by molar-refractivity contribution is 0.0496. The highest BCUT2D eigenvalue weighted by atomic mass is 35.5. The molecule has 0 unspecified atom stereocenters. The molecular formula is C18H23ClN2O. The van der Waals surface area contributed by atoms with E-state index >= 15 is 0 Å². The van der Waals surface area contributed by atoms with Crippen molar-refractivity contribution in [3.63, 3.8) is 0 Å². The van der Waals surface area contributed by atoms with Crippen LogP contribution in [0.15, 0.2) is 24.3 Å². The average Bonchev–Trinajstić information content (AvgIpc) is 3.17. The molecule has 1 aliphatic heterocycles. The number of carbonyl (C=O) groups excluding carboxylic acids is 1. The van der Waals surface area contributed by atoms with Gasteiger partial charge >= 0.3 is 0 Å². The Morgan fingerprint density at radius 2 is 1.91 bits per heavy atom. The summed E-state index contributed by atoms with van der Waals surface area (Å²) in [6, 6.07) is 8.08. The predicted molar refractivity (Wildman–Crippen MR) is 88.2 cm³/mol. The number of piperazine rings is 1. The second-order valence-electron chi connectivity index (χ2n) is 7.08. The monoisotopic (exact) mass is 318 g/mol. The summed E-state index contributed by atoms with van der Waals surface area (Å²) >= 11 is 5.99. The van der Waals surface area contributed by atoms with Gasteiger partial charge in [0.1, 0.15) is 0 Å². The van der Waals surface area contributed by atoms with Gasteiger partial charge in [-0.3, -0.25) is 9.69 Å². The first-order chi connectivity index (χ1) is 10.7. The summed E-state index contributed by atoms with van der Waals surface area (Å²) in [7, 11) is 0. The van der Waals surface area contributed by atoms with Crippen LogP contribution in [0.5, 0.6) is 0 Å². The Morgan fingerprint density at radius 3 is 2.55 bits per heavy atom. The maximum Gasteiger partial charge on any atom is 0.253 e. The minimum atomic E-state index is 0.120. The summed E-state index contributed by atoms with van der Waals surface area (Å²) in [5, 5.41) is 0.631. The molecule has 4 heteroatoms. The van der Waals surface area contributed by atoms with Crippen molar-refractivity contribution in [1.29, 1.82) is 0 Å². The maximum absolute atomic E-state index is 12.6. The van der Waals surface area contributed by atoms with Crippen molar-refractivity contribution in [2.24, 2.45) is 11.8 Å². The first-order valence-corrected chi connectivity index (χ1v) is 8.87. The molecule has 0 spiro atoms. The van der Waals surface area contributed by atoms with Crippen molar-refractivity contribution in [2.45, 2.75) is 31.7 Å². The standard InChI is InChI=1S/C18H23ClN2O/c19-16-3-1-2-15(12-16)18(22)21-8-6-20(7-9-21)17-11-13-4-5-14(17)10-13/h1-3,12-14,17H,4-11H2/t13-,14-,17+/m0/s1. The summed E-state index contributed by atoms with van der Waals surface area (Å²) in [4.78, 5) is 17.2. The fourth-order valence-electron chi connectivity index (χ4n) is 4.72. The van der Waals surface area contributed by atoms with Crippen LogP contribution in [-0.2, 0) is 0 Å². The molecule has 2 saturated carbocycles. The van der Waals surface area contributed by atoms with Crippen LogP contribution in [0.2, 0.25) is 5.02 Å². The van der Waals surface area contributed by atoms with Crippen molar-refractivity contribution in [3.05, 3.63) is 34.9 Å². The van der Waals surface area contributed by atoms with E-state index in [-0.39, 0.29) is 5.91 Å². The van der Waals surface area contributed by atoms with Gasteiger partial charge in [0.15, 0.2) is 0 Å². The topological polar surface area (TPSA) is 23.6 Å². The lowest BCUT2D eigenvalue weighted by atomic mass is 9.93. The van der Waals surface area contributed by atoms with Crippen LogP contribution in [0.3, 0.4) is 0 Å². The van der Waals surface area contributed by atoms with Gasteiger partial charge in [0.05, 0.1) is 0 Å². The van der Waals surface area contributed by atoms with Gasteiger partial charge < -0.3 is 4.90 Å². The second kappa shape index (κ2) is 5.86. The smallest absolute Gasteiger partial charge is 0.253 e. The van der Waals surface area contributed by atoms with E-state index in [0.29, 0.717) is 10.6 Å². The Morgan fingerprint density at radius 1 is 1.09 bits per heavy atom. The normalized spacial score (nSPS) is 31.7. The molecule has 2 aliphatic carbocycles. The minimum Gasteiger partial charge on any atom is -0.336 e. The first-order valence-electron chi connectivity index (χ1n) is 8.49. The highest BCUT2D eigenvalue weighted by molar-refractivity contribution is 6.30. The van der Waals surface area contributed by atoms with E-state index in [4.69, 9.17) is 11.6 Å². The molecule has 3 fully saturated rings. The van der Waals surface area contributed by atoms with E-state index in [1.54, 1.807) is 6.07 Å². The fourth-order valence-corrected chi connectivity index (χ4v) is 4.91. The third-order valence-corrected chi connectivity index (χ3v) is 6.08. The summed E-state index contributed by atoms with van der Waals surface area (Å²) in [5.41, 5.74) is 0.709. The van der Waals surface area contributed by atoms with Gasteiger partial charge in [0, 0.05) is 42.8 Å². The number of hydrogen-bond donors (Lipinski definition) is 0. The zero-order chi connectivity index (χ0) is 15.1. The molecule has 0 aromatic heterocycles. The molecular weight excluding hydrogens is 296 g/mol. The zero-order valence-corrected chi connectivity index (χ0v) is 13.6. The molecule has 0 N–H and O–H groups in total. The molecule has 1 heterocycles. The van der Waals surface area contributed by atoms with Crippen molar-refractivity contribution >= 4 is 17.5 Å². The van der Waals surface area contributed by atoms with E-state index < -0.39 is 0 Å². The molecule has 1 amide bonds. The Balaban J connectivity index is 1.36. The van der Waals surface area contributed by atoms with Gasteiger partial charge in [-0.2, -0.15) is 0 Å². The van der Waals surface area contributed by atoms with E-state index in [1.807, 2.05) is 23.1 Å². The van der Waals surface area contributed by atoms with Crippen LogP contribution in [0, 0.1) is 11.8 Å². The number of halogens is 1. The van der Waals surface area contributed by atoms with Crippen LogP contribution < -0.4 is 0 Å². The molecule has 2 bridgehead atoms. The molecule has 22 heavy (non-hydrogen) atoms. The molecule has 1 aromatic rings. The SMILES string of the molecule is O=C(c1cccc(Cl)c1)N1CCN([C@@H]2C[C@H]3CC[C@H]2C3)CC1. The number of rotatable bonds is 2. The summed E-state index contributed by atoms with van der Waals surface area (Å²) in [5.74, 6) is 2.04. The molecule has 3 aliphatic rings. The highest BCUT2D eigenvalue weighted by Crippen LogP contribution is 2.46. The minimum absolute atomic E-state index is 0.120. The predicted octanol–water partition coefficient (Wildman–Crippen LogP) is 3.29.